The van der Waals surface area contributed by atoms with Crippen LogP contribution in [0, 0.1) is 0 Å². The van der Waals surface area contributed by atoms with Gasteiger partial charge in [0, 0.05) is 5.69 Å². The Morgan fingerprint density at radius 2 is 0.550 bits per heavy atom. The van der Waals surface area contributed by atoms with Crippen molar-refractivity contribution in [1.82, 2.24) is 0 Å². The number of anilines is 1. The molecule has 1 aromatic carbocycles. The Bertz CT molecular complexity index is 547. The first-order valence-electron chi connectivity index (χ1n) is 18.6. The van der Waals surface area contributed by atoms with Gasteiger partial charge in [-0.05, 0) is 30.5 Å². The fraction of sp³-hybridized carbons (Fsp3) is 0.846. The van der Waals surface area contributed by atoms with Crippen LogP contribution in [0.15, 0.2) is 24.3 Å². The van der Waals surface area contributed by atoms with E-state index < -0.39 is 0 Å². The van der Waals surface area contributed by atoms with E-state index in [1.165, 1.54) is 198 Å². The van der Waals surface area contributed by atoms with E-state index in [0.717, 1.165) is 5.69 Å². The van der Waals surface area contributed by atoms with E-state index >= 15 is 0 Å². The first kappa shape index (κ1) is 39.0. The highest BCUT2D eigenvalue weighted by Gasteiger charge is 1.96. The second-order valence-corrected chi connectivity index (χ2v) is 12.7. The number of benzene rings is 1. The number of nitrogen functional groups attached to an aromatic ring is 1. The molecule has 1 heteroatoms. The van der Waals surface area contributed by atoms with Crippen LogP contribution in [-0.4, -0.2) is 0 Å². The predicted molar refractivity (Wildman–Crippen MR) is 185 cm³/mol. The topological polar surface area (TPSA) is 26.0 Å². The van der Waals surface area contributed by atoms with E-state index in [-0.39, 0.29) is 0 Å². The smallest absolute Gasteiger partial charge is 0.0314 e. The van der Waals surface area contributed by atoms with Gasteiger partial charge in [0.2, 0.25) is 0 Å². The summed E-state index contributed by atoms with van der Waals surface area (Å²) in [4.78, 5) is 0. The number of aryl methyl sites for hydroxylation is 1. The van der Waals surface area contributed by atoms with E-state index in [2.05, 4.69) is 32.9 Å². The summed E-state index contributed by atoms with van der Waals surface area (Å²) in [5, 5.41) is 0. The minimum Gasteiger partial charge on any atom is -0.399 e. The van der Waals surface area contributed by atoms with Crippen LogP contribution in [-0.2, 0) is 6.42 Å². The van der Waals surface area contributed by atoms with Crippen molar-refractivity contribution in [1.29, 1.82) is 0 Å². The summed E-state index contributed by atoms with van der Waals surface area (Å²) in [6.07, 6.45) is 43.1. The first-order valence-corrected chi connectivity index (χ1v) is 18.6. The van der Waals surface area contributed by atoms with Crippen LogP contribution in [0.3, 0.4) is 0 Å². The quantitative estimate of drug-likeness (QED) is 0.0769. The third-order valence-corrected chi connectivity index (χ3v) is 8.51. The summed E-state index contributed by atoms with van der Waals surface area (Å²) in [5.74, 6) is 0. The van der Waals surface area contributed by atoms with Gasteiger partial charge in [-0.3, -0.25) is 0 Å². The molecule has 1 rings (SSSR count). The Balaban J connectivity index is 0.000000765. The molecule has 1 nitrogen and oxygen atoms in total. The zero-order valence-electron chi connectivity index (χ0n) is 28.1. The minimum absolute atomic E-state index is 0.869. The van der Waals surface area contributed by atoms with E-state index in [1.807, 2.05) is 12.1 Å². The molecule has 0 aromatic heterocycles. The molecular formula is C39H75N. The Morgan fingerprint density at radius 1 is 0.325 bits per heavy atom. The molecular weight excluding hydrogens is 482 g/mol. The highest BCUT2D eigenvalue weighted by atomic mass is 14.5. The lowest BCUT2D eigenvalue weighted by Crippen LogP contribution is -1.88. The van der Waals surface area contributed by atoms with Crippen LogP contribution in [0.25, 0.3) is 0 Å². The molecule has 0 saturated carbocycles. The van der Waals surface area contributed by atoms with Gasteiger partial charge in [-0.25, -0.2) is 0 Å². The maximum atomic E-state index is 5.69. The fourth-order valence-corrected chi connectivity index (χ4v) is 5.65. The number of unbranched alkanes of at least 4 members (excludes halogenated alkanes) is 27. The van der Waals surface area contributed by atoms with Crippen molar-refractivity contribution in [2.45, 2.75) is 213 Å². The average Bonchev–Trinajstić information content (AvgIpc) is 2.97. The molecule has 236 valence electrons. The number of rotatable bonds is 29. The Hall–Kier alpha value is -0.980. The van der Waals surface area contributed by atoms with E-state index in [1.54, 1.807) is 0 Å². The molecule has 1 aromatic rings. The molecule has 0 radical (unpaired) electrons. The minimum atomic E-state index is 0.869. The van der Waals surface area contributed by atoms with E-state index in [4.69, 9.17) is 5.73 Å². The lowest BCUT2D eigenvalue weighted by molar-refractivity contribution is 0.529. The second kappa shape index (κ2) is 34.2. The summed E-state index contributed by atoms with van der Waals surface area (Å²) in [6.45, 7) is 6.88. The maximum Gasteiger partial charge on any atom is 0.0314 e. The van der Waals surface area contributed by atoms with Crippen molar-refractivity contribution in [2.24, 2.45) is 0 Å². The summed E-state index contributed by atoms with van der Waals surface area (Å²) in [6, 6.07) is 8.34. The molecule has 2 N–H and O–H groups in total. The van der Waals surface area contributed by atoms with Crippen LogP contribution in [0.4, 0.5) is 5.69 Å². The zero-order valence-corrected chi connectivity index (χ0v) is 28.1. The largest absolute Gasteiger partial charge is 0.399 e. The summed E-state index contributed by atoms with van der Waals surface area (Å²) in [5.41, 5.74) is 7.99. The lowest BCUT2D eigenvalue weighted by Gasteiger charge is -2.04. The third kappa shape index (κ3) is 31.5. The maximum absolute atomic E-state index is 5.69. The molecule has 0 heterocycles. The van der Waals surface area contributed by atoms with E-state index in [9.17, 15) is 0 Å². The molecule has 0 aliphatic carbocycles. The van der Waals surface area contributed by atoms with Gasteiger partial charge in [-0.15, -0.1) is 0 Å². The Labute approximate surface area is 254 Å². The molecule has 0 saturated heterocycles. The van der Waals surface area contributed by atoms with Crippen LogP contribution < -0.4 is 5.73 Å². The van der Waals surface area contributed by atoms with Gasteiger partial charge in [0.25, 0.3) is 0 Å². The lowest BCUT2D eigenvalue weighted by atomic mass is 10.0. The Kier molecular flexibility index (Phi) is 33.4. The summed E-state index contributed by atoms with van der Waals surface area (Å²) >= 11 is 0. The fourth-order valence-electron chi connectivity index (χ4n) is 5.65. The number of nitrogens with two attached hydrogens (primary N) is 1. The van der Waals surface area contributed by atoms with Crippen LogP contribution in [0.1, 0.15) is 213 Å². The van der Waals surface area contributed by atoms with Crippen LogP contribution in [0.2, 0.25) is 0 Å². The molecule has 0 spiro atoms. The highest BCUT2D eigenvalue weighted by Crippen LogP contribution is 2.15. The second-order valence-electron chi connectivity index (χ2n) is 12.7. The SMILES string of the molecule is CCCCCCCCCCCCCCCCCCC.CCCCCCCCCCCCCCc1ccc(N)cc1. The van der Waals surface area contributed by atoms with E-state index in [0.29, 0.717) is 0 Å². The van der Waals surface area contributed by atoms with Gasteiger partial charge in [-0.1, -0.05) is 213 Å². The van der Waals surface area contributed by atoms with Gasteiger partial charge < -0.3 is 5.73 Å². The van der Waals surface area contributed by atoms with Crippen molar-refractivity contribution in [3.05, 3.63) is 29.8 Å². The average molecular weight is 558 g/mol. The molecule has 0 atom stereocenters. The third-order valence-electron chi connectivity index (χ3n) is 8.51. The van der Waals surface area contributed by atoms with Gasteiger partial charge in [0.1, 0.15) is 0 Å². The van der Waals surface area contributed by atoms with Crippen LogP contribution >= 0.6 is 0 Å². The molecule has 40 heavy (non-hydrogen) atoms. The van der Waals surface area contributed by atoms with Crippen molar-refractivity contribution >= 4 is 5.69 Å². The van der Waals surface area contributed by atoms with Crippen molar-refractivity contribution in [3.63, 3.8) is 0 Å². The molecule has 0 aliphatic heterocycles. The van der Waals surface area contributed by atoms with Crippen molar-refractivity contribution in [3.8, 4) is 0 Å². The summed E-state index contributed by atoms with van der Waals surface area (Å²) in [7, 11) is 0. The molecule has 0 fully saturated rings. The predicted octanol–water partition coefficient (Wildman–Crippen LogP) is 14.2. The summed E-state index contributed by atoms with van der Waals surface area (Å²) < 4.78 is 0. The van der Waals surface area contributed by atoms with Gasteiger partial charge in [-0.2, -0.15) is 0 Å². The van der Waals surface area contributed by atoms with Crippen LogP contribution in [0.5, 0.6) is 0 Å². The van der Waals surface area contributed by atoms with Gasteiger partial charge in [0.05, 0.1) is 0 Å². The normalized spacial score (nSPS) is 11.0. The molecule has 0 amide bonds. The Morgan fingerprint density at radius 3 is 0.800 bits per heavy atom. The number of hydrogen-bond donors (Lipinski definition) is 1. The zero-order chi connectivity index (χ0) is 29.2. The molecule has 0 bridgehead atoms. The molecule has 0 aliphatic rings. The van der Waals surface area contributed by atoms with Gasteiger partial charge >= 0.3 is 0 Å². The molecule has 0 unspecified atom stereocenters. The first-order chi connectivity index (χ1) is 19.7. The standard InChI is InChI=1S/C20H35N.C19H40/c1-2-3-4-5-6-7-8-9-10-11-12-13-14-19-15-17-20(21)18-16-19;1-3-5-7-9-11-13-15-17-19-18-16-14-12-10-8-6-4-2/h15-18H,2-14,21H2,1H3;3-19H2,1-2H3. The van der Waals surface area contributed by atoms with Crippen molar-refractivity contribution < 1.29 is 0 Å². The van der Waals surface area contributed by atoms with Gasteiger partial charge in [0.15, 0.2) is 0 Å². The van der Waals surface area contributed by atoms with Crippen molar-refractivity contribution in [2.75, 3.05) is 5.73 Å². The highest BCUT2D eigenvalue weighted by molar-refractivity contribution is 5.39. The monoisotopic (exact) mass is 558 g/mol. The number of hydrogen-bond acceptors (Lipinski definition) is 1.